The van der Waals surface area contributed by atoms with E-state index in [2.05, 4.69) is 5.32 Å². The van der Waals surface area contributed by atoms with E-state index in [1.165, 1.54) is 18.8 Å². The van der Waals surface area contributed by atoms with E-state index >= 15 is 0 Å². The Hall–Kier alpha value is -2.27. The van der Waals surface area contributed by atoms with E-state index in [0.717, 1.165) is 31.5 Å². The molecule has 2 heterocycles. The molecule has 1 aromatic heterocycles. The Morgan fingerprint density at radius 1 is 1.08 bits per heavy atom. The van der Waals surface area contributed by atoms with Crippen molar-refractivity contribution in [2.24, 2.45) is 0 Å². The second-order valence-corrected chi connectivity index (χ2v) is 6.18. The number of amides is 2. The van der Waals surface area contributed by atoms with Crippen molar-refractivity contribution in [2.75, 3.05) is 13.1 Å². The van der Waals surface area contributed by atoms with Crippen LogP contribution in [-0.2, 0) is 6.54 Å². The number of halogens is 1. The molecule has 1 N–H and O–H groups in total. The van der Waals surface area contributed by atoms with Gasteiger partial charge in [-0.1, -0.05) is 12.1 Å². The molecule has 126 valence electrons. The van der Waals surface area contributed by atoms with E-state index in [9.17, 15) is 9.59 Å². The van der Waals surface area contributed by atoms with Gasteiger partial charge in [0, 0.05) is 25.2 Å². The molecule has 0 aliphatic carbocycles. The fourth-order valence-corrected chi connectivity index (χ4v) is 2.98. The zero-order valence-electron chi connectivity index (χ0n) is 13.3. The first kappa shape index (κ1) is 16.6. The van der Waals surface area contributed by atoms with Gasteiger partial charge in [-0.2, -0.15) is 0 Å². The van der Waals surface area contributed by atoms with Gasteiger partial charge in [-0.3, -0.25) is 9.59 Å². The molecule has 0 unspecified atom stereocenters. The number of rotatable bonds is 4. The topological polar surface area (TPSA) is 62.6 Å². The number of piperidine rings is 1. The van der Waals surface area contributed by atoms with Crippen LogP contribution < -0.4 is 5.32 Å². The maximum atomic E-state index is 12.4. The smallest absolute Gasteiger partial charge is 0.256 e. The van der Waals surface area contributed by atoms with E-state index < -0.39 is 0 Å². The lowest BCUT2D eigenvalue weighted by Gasteiger charge is -2.26. The molecular weight excluding hydrogens is 328 g/mol. The van der Waals surface area contributed by atoms with Gasteiger partial charge in [-0.25, -0.2) is 0 Å². The Labute approximate surface area is 145 Å². The molecule has 24 heavy (non-hydrogen) atoms. The lowest BCUT2D eigenvalue weighted by atomic mass is 10.1. The van der Waals surface area contributed by atoms with Gasteiger partial charge in [-0.15, -0.1) is 0 Å². The van der Waals surface area contributed by atoms with Gasteiger partial charge >= 0.3 is 0 Å². The summed E-state index contributed by atoms with van der Waals surface area (Å²) < 4.78 is 4.90. The van der Waals surface area contributed by atoms with E-state index in [4.69, 9.17) is 16.0 Å². The van der Waals surface area contributed by atoms with Crippen LogP contribution in [0.15, 0.2) is 41.0 Å². The average molecular weight is 347 g/mol. The van der Waals surface area contributed by atoms with Gasteiger partial charge in [0.15, 0.2) is 0 Å². The number of hydrogen-bond acceptors (Lipinski definition) is 3. The molecule has 0 bridgehead atoms. The summed E-state index contributed by atoms with van der Waals surface area (Å²) >= 11 is 5.78. The van der Waals surface area contributed by atoms with Crippen LogP contribution >= 0.6 is 11.6 Å². The van der Waals surface area contributed by atoms with Crippen LogP contribution in [0.3, 0.4) is 0 Å². The maximum absolute atomic E-state index is 12.4. The Morgan fingerprint density at radius 3 is 2.42 bits per heavy atom. The maximum Gasteiger partial charge on any atom is 0.256 e. The minimum absolute atomic E-state index is 0.0787. The van der Waals surface area contributed by atoms with Gasteiger partial charge in [0.1, 0.15) is 0 Å². The number of benzene rings is 1. The van der Waals surface area contributed by atoms with Crippen LogP contribution in [0.1, 0.15) is 45.5 Å². The largest absolute Gasteiger partial charge is 0.452 e. The van der Waals surface area contributed by atoms with Crippen LogP contribution in [0.4, 0.5) is 0 Å². The third-order valence-corrected chi connectivity index (χ3v) is 4.45. The van der Waals surface area contributed by atoms with Gasteiger partial charge in [0.2, 0.25) is 5.22 Å². The lowest BCUT2D eigenvalue weighted by Crippen LogP contribution is -2.35. The summed E-state index contributed by atoms with van der Waals surface area (Å²) in [5.74, 6) is -0.210. The van der Waals surface area contributed by atoms with E-state index in [0.29, 0.717) is 17.7 Å². The molecule has 1 aliphatic rings. The number of carbonyl (C=O) groups is 2. The minimum atomic E-state index is -0.290. The average Bonchev–Trinajstić information content (AvgIpc) is 3.06. The highest BCUT2D eigenvalue weighted by molar-refractivity contribution is 6.32. The Kier molecular flexibility index (Phi) is 5.20. The fraction of sp³-hybridized carbons (Fsp3) is 0.333. The predicted octanol–water partition coefficient (Wildman–Crippen LogP) is 3.49. The standard InChI is InChI=1S/C18H19ClN2O3/c19-16-15(8-11-24-16)17(22)20-12-13-4-6-14(7-5-13)18(23)21-9-2-1-3-10-21/h4-8,11H,1-3,9-10,12H2,(H,20,22). The van der Waals surface area contributed by atoms with Crippen LogP contribution in [0.5, 0.6) is 0 Å². The zero-order valence-corrected chi connectivity index (χ0v) is 14.0. The minimum Gasteiger partial charge on any atom is -0.452 e. The van der Waals surface area contributed by atoms with Crippen molar-refractivity contribution in [3.05, 3.63) is 58.5 Å². The van der Waals surface area contributed by atoms with Crippen LogP contribution in [-0.4, -0.2) is 29.8 Å². The molecule has 2 amide bonds. The molecule has 5 nitrogen and oxygen atoms in total. The molecule has 2 aromatic rings. The van der Waals surface area contributed by atoms with Crippen molar-refractivity contribution in [1.29, 1.82) is 0 Å². The number of nitrogens with one attached hydrogen (secondary N) is 1. The first-order valence-electron chi connectivity index (χ1n) is 8.04. The number of carbonyl (C=O) groups excluding carboxylic acids is 2. The predicted molar refractivity (Wildman–Crippen MR) is 91.1 cm³/mol. The van der Waals surface area contributed by atoms with Crippen LogP contribution in [0, 0.1) is 0 Å². The van der Waals surface area contributed by atoms with Crippen molar-refractivity contribution < 1.29 is 14.0 Å². The summed E-state index contributed by atoms with van der Waals surface area (Å²) in [6.07, 6.45) is 4.72. The highest BCUT2D eigenvalue weighted by atomic mass is 35.5. The van der Waals surface area contributed by atoms with Gasteiger partial charge in [-0.05, 0) is 54.6 Å². The molecule has 1 aromatic carbocycles. The normalized spacial score (nSPS) is 14.5. The third-order valence-electron chi connectivity index (χ3n) is 4.16. The monoisotopic (exact) mass is 346 g/mol. The second kappa shape index (κ2) is 7.53. The Balaban J connectivity index is 1.57. The molecule has 0 atom stereocenters. The summed E-state index contributed by atoms with van der Waals surface area (Å²) in [6, 6.07) is 8.85. The molecule has 1 saturated heterocycles. The van der Waals surface area contributed by atoms with Crippen molar-refractivity contribution >= 4 is 23.4 Å². The van der Waals surface area contributed by atoms with E-state index in [-0.39, 0.29) is 17.0 Å². The van der Waals surface area contributed by atoms with Gasteiger partial charge < -0.3 is 14.6 Å². The highest BCUT2D eigenvalue weighted by Crippen LogP contribution is 2.17. The molecule has 3 rings (SSSR count). The van der Waals surface area contributed by atoms with E-state index in [1.54, 1.807) is 0 Å². The van der Waals surface area contributed by atoms with Crippen molar-refractivity contribution in [1.82, 2.24) is 10.2 Å². The summed E-state index contributed by atoms with van der Waals surface area (Å²) in [7, 11) is 0. The number of likely N-dealkylation sites (tertiary alicyclic amines) is 1. The van der Waals surface area contributed by atoms with Gasteiger partial charge in [0.25, 0.3) is 11.8 Å². The molecular formula is C18H19ClN2O3. The second-order valence-electron chi connectivity index (χ2n) is 5.84. The SMILES string of the molecule is O=C(NCc1ccc(C(=O)N2CCCCC2)cc1)c1ccoc1Cl. The van der Waals surface area contributed by atoms with Crippen LogP contribution in [0.2, 0.25) is 5.22 Å². The molecule has 0 radical (unpaired) electrons. The van der Waals surface area contributed by atoms with E-state index in [1.807, 2.05) is 29.2 Å². The lowest BCUT2D eigenvalue weighted by molar-refractivity contribution is 0.0724. The molecule has 1 fully saturated rings. The summed E-state index contributed by atoms with van der Waals surface area (Å²) in [6.45, 7) is 2.03. The molecule has 1 aliphatic heterocycles. The van der Waals surface area contributed by atoms with Crippen molar-refractivity contribution in [2.45, 2.75) is 25.8 Å². The quantitative estimate of drug-likeness (QED) is 0.921. The highest BCUT2D eigenvalue weighted by Gasteiger charge is 2.18. The van der Waals surface area contributed by atoms with Crippen molar-refractivity contribution in [3.8, 4) is 0 Å². The zero-order chi connectivity index (χ0) is 16.9. The Bertz CT molecular complexity index is 718. The summed E-state index contributed by atoms with van der Waals surface area (Å²) in [5.41, 5.74) is 1.91. The first-order chi connectivity index (χ1) is 11.6. The van der Waals surface area contributed by atoms with Gasteiger partial charge in [0.05, 0.1) is 11.8 Å². The van der Waals surface area contributed by atoms with Crippen molar-refractivity contribution in [3.63, 3.8) is 0 Å². The number of furan rings is 1. The number of nitrogens with zero attached hydrogens (tertiary/aromatic N) is 1. The first-order valence-corrected chi connectivity index (χ1v) is 8.42. The summed E-state index contributed by atoms with van der Waals surface area (Å²) in [4.78, 5) is 26.3. The van der Waals surface area contributed by atoms with Crippen LogP contribution in [0.25, 0.3) is 0 Å². The molecule has 0 saturated carbocycles. The number of hydrogen-bond donors (Lipinski definition) is 1. The fourth-order valence-electron chi connectivity index (χ4n) is 2.78. The summed E-state index contributed by atoms with van der Waals surface area (Å²) in [5, 5.41) is 2.85. The third kappa shape index (κ3) is 3.79. The Morgan fingerprint density at radius 2 is 1.79 bits per heavy atom. The molecule has 0 spiro atoms. The molecule has 6 heteroatoms.